The predicted molar refractivity (Wildman–Crippen MR) is 67.4 cm³/mol. The van der Waals surface area contributed by atoms with Crippen LogP contribution in [0.2, 0.25) is 6.04 Å². The molecule has 0 saturated carbocycles. The first-order valence-electron chi connectivity index (χ1n) is 5.05. The Bertz CT molecular complexity index is 228. The summed E-state index contributed by atoms with van der Waals surface area (Å²) < 4.78 is 9.26. The van der Waals surface area contributed by atoms with Crippen LogP contribution in [0.3, 0.4) is 0 Å². The van der Waals surface area contributed by atoms with E-state index in [-0.39, 0.29) is 5.91 Å². The molecule has 0 rings (SSSR count). The molecule has 0 saturated heterocycles. The van der Waals surface area contributed by atoms with Gasteiger partial charge in [-0.1, -0.05) is 15.9 Å². The zero-order valence-electron chi connectivity index (χ0n) is 10.2. The number of nitrogens with one attached hydrogen (secondary N) is 1. The van der Waals surface area contributed by atoms with Crippen LogP contribution in [0.25, 0.3) is 0 Å². The Morgan fingerprint density at radius 3 is 2.31 bits per heavy atom. The van der Waals surface area contributed by atoms with Crippen molar-refractivity contribution in [1.29, 1.82) is 0 Å². The van der Waals surface area contributed by atoms with E-state index in [9.17, 15) is 9.59 Å². The second kappa shape index (κ2) is 6.70. The van der Waals surface area contributed by atoms with Crippen LogP contribution in [0, 0.1) is 0 Å². The van der Waals surface area contributed by atoms with E-state index in [0.717, 1.165) is 0 Å². The van der Waals surface area contributed by atoms with Crippen LogP contribution in [0.15, 0.2) is 0 Å². The Morgan fingerprint density at radius 1 is 1.44 bits per heavy atom. The van der Waals surface area contributed by atoms with Crippen molar-refractivity contribution >= 4 is 30.6 Å². The van der Waals surface area contributed by atoms with Gasteiger partial charge in [0, 0.05) is 26.8 Å². The minimum atomic E-state index is -2.98. The molecule has 0 bridgehead atoms. The summed E-state index contributed by atoms with van der Waals surface area (Å²) in [5, 5.41) is 2.76. The van der Waals surface area contributed by atoms with Gasteiger partial charge >= 0.3 is 8.80 Å². The largest absolute Gasteiger partial charge is 0.497 e. The lowest BCUT2D eigenvalue weighted by Crippen LogP contribution is -2.42. The molecule has 0 aromatic heterocycles. The van der Waals surface area contributed by atoms with Crippen molar-refractivity contribution in [3.8, 4) is 0 Å². The van der Waals surface area contributed by atoms with Crippen molar-refractivity contribution in [2.75, 3.05) is 20.8 Å². The average Bonchev–Trinajstić information content (AvgIpc) is 2.22. The first-order valence-corrected chi connectivity index (χ1v) is 7.81. The zero-order chi connectivity index (χ0) is 12.8. The molecule has 0 spiro atoms. The number of rotatable bonds is 7. The van der Waals surface area contributed by atoms with Crippen LogP contribution in [0.5, 0.6) is 0 Å². The molecule has 5 nitrogen and oxygen atoms in total. The highest BCUT2D eigenvalue weighted by atomic mass is 79.9. The van der Waals surface area contributed by atoms with Crippen molar-refractivity contribution < 1.29 is 18.4 Å². The Morgan fingerprint density at radius 2 is 1.94 bits per heavy atom. The van der Waals surface area contributed by atoms with Crippen LogP contribution < -0.4 is 5.32 Å². The second-order valence-corrected chi connectivity index (χ2v) is 8.68. The van der Waals surface area contributed by atoms with Gasteiger partial charge in [0.15, 0.2) is 0 Å². The van der Waals surface area contributed by atoms with E-state index in [0.29, 0.717) is 19.0 Å². The van der Waals surface area contributed by atoms with Gasteiger partial charge in [0.1, 0.15) is 0 Å². The summed E-state index contributed by atoms with van der Waals surface area (Å²) in [4.78, 5) is 21.2. The van der Waals surface area contributed by atoms with Crippen LogP contribution in [0.1, 0.15) is 20.3 Å². The summed E-state index contributed by atoms with van der Waals surface area (Å²) in [7, 11) is -0.125. The highest BCUT2D eigenvalue weighted by Crippen LogP contribution is 2.15. The Labute approximate surface area is 106 Å². The number of hydrogen-bond donors (Lipinski definition) is 2. The smallest absolute Gasteiger partial charge is 0.390 e. The van der Waals surface area contributed by atoms with Crippen LogP contribution in [-0.2, 0) is 13.6 Å². The van der Waals surface area contributed by atoms with Gasteiger partial charge < -0.3 is 19.0 Å². The van der Waals surface area contributed by atoms with Crippen molar-refractivity contribution in [2.45, 2.75) is 30.6 Å². The highest BCUT2D eigenvalue weighted by Gasteiger charge is 2.33. The molecular weight excluding hydrogens is 294 g/mol. The summed E-state index contributed by atoms with van der Waals surface area (Å²) in [6.45, 7) is 4.05. The fraction of sp³-hybridized carbons (Fsp3) is 0.889. The fourth-order valence-electron chi connectivity index (χ4n) is 1.01. The SMILES string of the molecule is CO[Si](O)(CCCNC(=O)C(C)(C)Br)OC. The van der Waals surface area contributed by atoms with E-state index in [2.05, 4.69) is 21.2 Å². The van der Waals surface area contributed by atoms with E-state index >= 15 is 0 Å². The van der Waals surface area contributed by atoms with E-state index in [1.54, 1.807) is 13.8 Å². The Hall–Kier alpha value is 0.0469. The lowest BCUT2D eigenvalue weighted by Gasteiger charge is -2.20. The van der Waals surface area contributed by atoms with Crippen LogP contribution in [-0.4, -0.2) is 44.6 Å². The maximum Gasteiger partial charge on any atom is 0.497 e. The van der Waals surface area contributed by atoms with Gasteiger partial charge in [-0.3, -0.25) is 4.79 Å². The highest BCUT2D eigenvalue weighted by molar-refractivity contribution is 9.10. The molecule has 0 unspecified atom stereocenters. The summed E-state index contributed by atoms with van der Waals surface area (Å²) in [5.41, 5.74) is 0. The summed E-state index contributed by atoms with van der Waals surface area (Å²) >= 11 is 3.26. The number of hydrogen-bond acceptors (Lipinski definition) is 4. The van der Waals surface area contributed by atoms with Gasteiger partial charge in [-0.15, -0.1) is 0 Å². The van der Waals surface area contributed by atoms with Gasteiger partial charge in [0.05, 0.1) is 4.32 Å². The molecule has 1 amide bonds. The molecule has 0 radical (unpaired) electrons. The zero-order valence-corrected chi connectivity index (χ0v) is 12.8. The minimum Gasteiger partial charge on any atom is -0.390 e. The van der Waals surface area contributed by atoms with Gasteiger partial charge in [-0.25, -0.2) is 0 Å². The van der Waals surface area contributed by atoms with Crippen LogP contribution >= 0.6 is 15.9 Å². The monoisotopic (exact) mass is 313 g/mol. The summed E-state index contributed by atoms with van der Waals surface area (Å²) in [5.74, 6) is -0.0764. The molecule has 0 heterocycles. The molecule has 0 aliphatic heterocycles. The molecule has 0 atom stereocenters. The number of halogens is 1. The van der Waals surface area contributed by atoms with E-state index in [4.69, 9.17) is 8.85 Å². The molecule has 7 heteroatoms. The third kappa shape index (κ3) is 5.95. The van der Waals surface area contributed by atoms with Crippen molar-refractivity contribution in [3.63, 3.8) is 0 Å². The lowest BCUT2D eigenvalue weighted by molar-refractivity contribution is -0.122. The van der Waals surface area contributed by atoms with Crippen molar-refractivity contribution in [1.82, 2.24) is 5.32 Å². The average molecular weight is 314 g/mol. The standard InChI is InChI=1S/C9H20BrNO4Si/c1-9(2,10)8(12)11-6-5-7-16(13,14-3)15-4/h13H,5-7H2,1-4H3,(H,11,12). The maximum absolute atomic E-state index is 11.5. The fourth-order valence-corrected chi connectivity index (χ4v) is 2.35. The number of amides is 1. The number of carbonyl (C=O) groups is 1. The predicted octanol–water partition coefficient (Wildman–Crippen LogP) is 0.890. The molecule has 0 aromatic rings. The quantitative estimate of drug-likeness (QED) is 0.416. The van der Waals surface area contributed by atoms with E-state index in [1.807, 2.05) is 0 Å². The Balaban J connectivity index is 3.81. The van der Waals surface area contributed by atoms with Gasteiger partial charge in [-0.2, -0.15) is 0 Å². The van der Waals surface area contributed by atoms with E-state index in [1.165, 1.54) is 14.2 Å². The van der Waals surface area contributed by atoms with Crippen molar-refractivity contribution in [3.05, 3.63) is 0 Å². The Kier molecular flexibility index (Phi) is 6.72. The van der Waals surface area contributed by atoms with Gasteiger partial charge in [0.25, 0.3) is 0 Å². The topological polar surface area (TPSA) is 67.8 Å². The molecule has 0 aromatic carbocycles. The molecule has 16 heavy (non-hydrogen) atoms. The maximum atomic E-state index is 11.5. The third-order valence-electron chi connectivity index (χ3n) is 2.13. The third-order valence-corrected chi connectivity index (χ3v) is 4.75. The normalized spacial score (nSPS) is 12.6. The summed E-state index contributed by atoms with van der Waals surface area (Å²) in [6.07, 6.45) is 0.624. The first-order chi connectivity index (χ1) is 7.25. The number of alkyl halides is 1. The minimum absolute atomic E-state index is 0.0764. The number of carbonyl (C=O) groups excluding carboxylic acids is 1. The van der Waals surface area contributed by atoms with Crippen molar-refractivity contribution in [2.24, 2.45) is 0 Å². The molecule has 0 fully saturated rings. The molecule has 0 aliphatic rings. The van der Waals surface area contributed by atoms with Crippen LogP contribution in [0.4, 0.5) is 0 Å². The molecule has 0 aliphatic carbocycles. The molecular formula is C9H20BrNO4Si. The second-order valence-electron chi connectivity index (χ2n) is 3.95. The van der Waals surface area contributed by atoms with E-state index < -0.39 is 13.1 Å². The van der Waals surface area contributed by atoms with Gasteiger partial charge in [0.2, 0.25) is 5.91 Å². The van der Waals surface area contributed by atoms with Gasteiger partial charge in [-0.05, 0) is 20.3 Å². The summed E-state index contributed by atoms with van der Waals surface area (Å²) in [6, 6.07) is 0.434. The molecule has 2 N–H and O–H groups in total. The lowest BCUT2D eigenvalue weighted by atomic mass is 10.2. The molecule has 96 valence electrons. The first kappa shape index (κ1) is 16.0.